The van der Waals surface area contributed by atoms with Gasteiger partial charge in [0.1, 0.15) is 5.75 Å². The average Bonchev–Trinajstić information content (AvgIpc) is 2.44. The van der Waals surface area contributed by atoms with E-state index in [1.54, 1.807) is 7.11 Å². The lowest BCUT2D eigenvalue weighted by molar-refractivity contribution is 0.292. The molecule has 0 atom stereocenters. The summed E-state index contributed by atoms with van der Waals surface area (Å²) < 4.78 is 5.26. The van der Waals surface area contributed by atoms with E-state index in [1.807, 2.05) is 6.07 Å². The molecule has 0 aromatic heterocycles. The van der Waals surface area contributed by atoms with Gasteiger partial charge in [-0.15, -0.1) is 0 Å². The van der Waals surface area contributed by atoms with E-state index in [4.69, 9.17) is 4.74 Å². The van der Waals surface area contributed by atoms with Gasteiger partial charge in [-0.3, -0.25) is 0 Å². The smallest absolute Gasteiger partial charge is 0.119 e. The molecule has 1 aliphatic rings. The highest BCUT2D eigenvalue weighted by Crippen LogP contribution is 2.28. The second kappa shape index (κ2) is 6.27. The Bertz CT molecular complexity index is 575. The van der Waals surface area contributed by atoms with E-state index in [-0.39, 0.29) is 0 Å². The molecule has 0 aliphatic heterocycles. The fraction of sp³-hybridized carbons (Fsp3) is 0.444. The van der Waals surface area contributed by atoms with Crippen molar-refractivity contribution in [1.29, 1.82) is 0 Å². The summed E-state index contributed by atoms with van der Waals surface area (Å²) in [6.45, 7) is 2.11. The van der Waals surface area contributed by atoms with Crippen LogP contribution in [0.4, 0.5) is 0 Å². The highest BCUT2D eigenvalue weighted by Gasteiger charge is 2.16. The van der Waals surface area contributed by atoms with Crippen molar-refractivity contribution in [1.82, 2.24) is 5.32 Å². The third-order valence-corrected chi connectivity index (χ3v) is 4.40. The van der Waals surface area contributed by atoms with Crippen LogP contribution < -0.4 is 10.1 Å². The molecule has 1 fully saturated rings. The maximum absolute atomic E-state index is 5.26. The number of hydrogen-bond acceptors (Lipinski definition) is 2. The number of nitrogens with one attached hydrogen (secondary N) is 1. The summed E-state index contributed by atoms with van der Waals surface area (Å²) in [7, 11) is 1.71. The number of methoxy groups -OCH3 is 1. The first-order valence-electron chi connectivity index (χ1n) is 7.62. The molecule has 20 heavy (non-hydrogen) atoms. The minimum absolute atomic E-state index is 0.920. The van der Waals surface area contributed by atoms with Crippen LogP contribution in [-0.2, 0) is 6.54 Å². The van der Waals surface area contributed by atoms with Gasteiger partial charge in [0.05, 0.1) is 7.11 Å². The first kappa shape index (κ1) is 13.4. The molecule has 2 heteroatoms. The van der Waals surface area contributed by atoms with Crippen LogP contribution >= 0.6 is 0 Å². The van der Waals surface area contributed by atoms with E-state index in [1.165, 1.54) is 42.0 Å². The Morgan fingerprint density at radius 1 is 1.10 bits per heavy atom. The van der Waals surface area contributed by atoms with Gasteiger partial charge in [-0.2, -0.15) is 0 Å². The van der Waals surface area contributed by atoms with Crippen LogP contribution in [0.2, 0.25) is 0 Å². The van der Waals surface area contributed by atoms with Gasteiger partial charge < -0.3 is 10.1 Å². The van der Waals surface area contributed by atoms with Crippen LogP contribution in [0.3, 0.4) is 0 Å². The summed E-state index contributed by atoms with van der Waals surface area (Å²) in [5.74, 6) is 1.91. The quantitative estimate of drug-likeness (QED) is 0.796. The Morgan fingerprint density at radius 2 is 1.90 bits per heavy atom. The molecule has 0 amide bonds. The van der Waals surface area contributed by atoms with Crippen LogP contribution in [0.25, 0.3) is 10.8 Å². The van der Waals surface area contributed by atoms with E-state index >= 15 is 0 Å². The summed E-state index contributed by atoms with van der Waals surface area (Å²) in [6.07, 6.45) is 5.67. The molecule has 0 unspecified atom stereocenters. The Balaban J connectivity index is 1.57. The van der Waals surface area contributed by atoms with Crippen LogP contribution in [0.5, 0.6) is 5.75 Å². The summed E-state index contributed by atoms with van der Waals surface area (Å²) in [5.41, 5.74) is 1.36. The van der Waals surface area contributed by atoms with Crippen LogP contribution in [0.1, 0.15) is 31.2 Å². The fourth-order valence-corrected chi connectivity index (χ4v) is 2.83. The van der Waals surface area contributed by atoms with Crippen molar-refractivity contribution < 1.29 is 4.74 Å². The monoisotopic (exact) mass is 269 g/mol. The molecular formula is C18H23NO. The lowest BCUT2D eigenvalue weighted by atomic mass is 9.83. The molecule has 3 rings (SSSR count). The molecule has 2 aromatic rings. The topological polar surface area (TPSA) is 21.3 Å². The van der Waals surface area contributed by atoms with Crippen molar-refractivity contribution in [2.75, 3.05) is 13.7 Å². The lowest BCUT2D eigenvalue weighted by Gasteiger charge is -2.25. The standard InChI is InChI=1S/C18H23NO/c1-20-18-8-7-16-11-15(5-6-17(16)12-18)13-19-10-9-14-3-2-4-14/h5-8,11-12,14,19H,2-4,9-10,13H2,1H3. The fourth-order valence-electron chi connectivity index (χ4n) is 2.83. The maximum atomic E-state index is 5.26. The van der Waals surface area contributed by atoms with Crippen molar-refractivity contribution in [2.45, 2.75) is 32.2 Å². The van der Waals surface area contributed by atoms with Crippen molar-refractivity contribution in [3.05, 3.63) is 42.0 Å². The normalized spacial score (nSPS) is 15.2. The van der Waals surface area contributed by atoms with Gasteiger partial charge in [0, 0.05) is 6.54 Å². The molecule has 0 heterocycles. The van der Waals surface area contributed by atoms with Crippen LogP contribution in [-0.4, -0.2) is 13.7 Å². The second-order valence-corrected chi connectivity index (χ2v) is 5.81. The van der Waals surface area contributed by atoms with Crippen molar-refractivity contribution in [3.8, 4) is 5.75 Å². The number of benzene rings is 2. The molecule has 1 N–H and O–H groups in total. The van der Waals surface area contributed by atoms with Gasteiger partial charge in [0.15, 0.2) is 0 Å². The predicted molar refractivity (Wildman–Crippen MR) is 84.2 cm³/mol. The maximum Gasteiger partial charge on any atom is 0.119 e. The van der Waals surface area contributed by atoms with Gasteiger partial charge >= 0.3 is 0 Å². The molecule has 2 nitrogen and oxygen atoms in total. The molecule has 106 valence electrons. The molecule has 0 saturated heterocycles. The van der Waals surface area contributed by atoms with Crippen molar-refractivity contribution >= 4 is 10.8 Å². The minimum atomic E-state index is 0.920. The largest absolute Gasteiger partial charge is 0.497 e. The molecule has 1 aliphatic carbocycles. The van der Waals surface area contributed by atoms with E-state index in [0.717, 1.165) is 24.8 Å². The van der Waals surface area contributed by atoms with Crippen molar-refractivity contribution in [3.63, 3.8) is 0 Å². The van der Waals surface area contributed by atoms with Crippen LogP contribution in [0.15, 0.2) is 36.4 Å². The highest BCUT2D eigenvalue weighted by molar-refractivity contribution is 5.84. The Morgan fingerprint density at radius 3 is 2.65 bits per heavy atom. The Hall–Kier alpha value is -1.54. The third-order valence-electron chi connectivity index (χ3n) is 4.40. The average molecular weight is 269 g/mol. The Kier molecular flexibility index (Phi) is 4.22. The number of ether oxygens (including phenoxy) is 1. The summed E-state index contributed by atoms with van der Waals surface area (Å²) >= 11 is 0. The summed E-state index contributed by atoms with van der Waals surface area (Å²) in [6, 6.07) is 12.9. The molecule has 0 spiro atoms. The highest BCUT2D eigenvalue weighted by atomic mass is 16.5. The number of hydrogen-bond donors (Lipinski definition) is 1. The van der Waals surface area contributed by atoms with Gasteiger partial charge in [0.2, 0.25) is 0 Å². The molecular weight excluding hydrogens is 246 g/mol. The minimum Gasteiger partial charge on any atom is -0.497 e. The summed E-state index contributed by atoms with van der Waals surface area (Å²) in [4.78, 5) is 0. The molecule has 0 bridgehead atoms. The van der Waals surface area contributed by atoms with E-state index < -0.39 is 0 Å². The van der Waals surface area contributed by atoms with Gasteiger partial charge in [0.25, 0.3) is 0 Å². The zero-order valence-electron chi connectivity index (χ0n) is 12.2. The molecule has 1 saturated carbocycles. The van der Waals surface area contributed by atoms with Gasteiger partial charge in [-0.05, 0) is 53.4 Å². The zero-order valence-corrected chi connectivity index (χ0v) is 12.2. The van der Waals surface area contributed by atoms with Crippen molar-refractivity contribution in [2.24, 2.45) is 5.92 Å². The summed E-state index contributed by atoms with van der Waals surface area (Å²) in [5, 5.41) is 6.08. The van der Waals surface area contributed by atoms with E-state index in [0.29, 0.717) is 0 Å². The molecule has 2 aromatic carbocycles. The van der Waals surface area contributed by atoms with E-state index in [2.05, 4.69) is 35.6 Å². The zero-order chi connectivity index (χ0) is 13.8. The van der Waals surface area contributed by atoms with Crippen LogP contribution in [0, 0.1) is 5.92 Å². The van der Waals surface area contributed by atoms with Gasteiger partial charge in [-0.1, -0.05) is 37.5 Å². The second-order valence-electron chi connectivity index (χ2n) is 5.81. The molecule has 0 radical (unpaired) electrons. The Labute approximate surface area is 121 Å². The van der Waals surface area contributed by atoms with E-state index in [9.17, 15) is 0 Å². The number of fused-ring (bicyclic) bond motifs is 1. The third kappa shape index (κ3) is 3.13. The number of rotatable bonds is 6. The first-order valence-corrected chi connectivity index (χ1v) is 7.62. The lowest BCUT2D eigenvalue weighted by Crippen LogP contribution is -2.21. The van der Waals surface area contributed by atoms with Gasteiger partial charge in [-0.25, -0.2) is 0 Å². The SMILES string of the molecule is COc1ccc2cc(CNCCC3CCC3)ccc2c1. The first-order chi connectivity index (χ1) is 9.85. The predicted octanol–water partition coefficient (Wildman–Crippen LogP) is 4.13.